The number of nitrogens with zero attached hydrogens (tertiary/aromatic N) is 2. The summed E-state index contributed by atoms with van der Waals surface area (Å²) in [6.45, 7) is 6.13. The average Bonchev–Trinajstić information content (AvgIpc) is 3.23. The Morgan fingerprint density at radius 1 is 1.16 bits per heavy atom. The number of furan rings is 1. The maximum Gasteiger partial charge on any atom is 0.260 e. The van der Waals surface area contributed by atoms with Crippen LogP contribution in [-0.4, -0.2) is 14.5 Å². The van der Waals surface area contributed by atoms with Gasteiger partial charge in [0.1, 0.15) is 17.7 Å². The van der Waals surface area contributed by atoms with Crippen molar-refractivity contribution >= 4 is 11.0 Å². The van der Waals surface area contributed by atoms with Crippen molar-refractivity contribution in [1.82, 2.24) is 14.5 Å². The molecule has 3 aromatic heterocycles. The summed E-state index contributed by atoms with van der Waals surface area (Å²) in [5.74, 6) is 0.519. The lowest BCUT2D eigenvalue weighted by Gasteiger charge is -2.17. The first-order chi connectivity index (χ1) is 12.1. The minimum atomic E-state index is -0.124. The van der Waals surface area contributed by atoms with Gasteiger partial charge in [0.05, 0.1) is 23.3 Å². The first kappa shape index (κ1) is 15.4. The summed E-state index contributed by atoms with van der Waals surface area (Å²) in [6.07, 6.45) is 3.15. The number of benzene rings is 1. The third-order valence-electron chi connectivity index (χ3n) is 4.87. The lowest BCUT2D eigenvalue weighted by molar-refractivity contribution is 0.568. The Labute approximate surface area is 145 Å². The molecule has 0 amide bonds. The highest BCUT2D eigenvalue weighted by Crippen LogP contribution is 2.29. The van der Waals surface area contributed by atoms with E-state index in [2.05, 4.69) is 28.6 Å². The van der Waals surface area contributed by atoms with E-state index in [1.807, 2.05) is 32.0 Å². The molecule has 0 aliphatic carbocycles. The Morgan fingerprint density at radius 3 is 2.60 bits per heavy atom. The number of aryl methyl sites for hydroxylation is 1. The third-order valence-corrected chi connectivity index (χ3v) is 4.87. The van der Waals surface area contributed by atoms with Gasteiger partial charge in [-0.1, -0.05) is 30.3 Å². The monoisotopic (exact) mass is 333 g/mol. The standard InChI is InChI=1S/C20H19N3O2/c1-12-13(2)23(14(3)15-7-5-4-6-8-15)19-17(12)20(24)22-18(21-19)16-9-10-25-11-16/h4-11,14H,1-3H3,(H,21,22,24). The highest BCUT2D eigenvalue weighted by molar-refractivity contribution is 5.82. The first-order valence-corrected chi connectivity index (χ1v) is 8.27. The van der Waals surface area contributed by atoms with Gasteiger partial charge in [-0.3, -0.25) is 4.79 Å². The van der Waals surface area contributed by atoms with E-state index in [0.29, 0.717) is 16.9 Å². The molecule has 126 valence electrons. The SMILES string of the molecule is Cc1c(C)n(C(C)c2ccccc2)c2nc(-c3ccoc3)[nH]c(=O)c12. The van der Waals surface area contributed by atoms with Gasteiger partial charge in [-0.05, 0) is 38.0 Å². The molecule has 1 aromatic carbocycles. The molecule has 0 bridgehead atoms. The van der Waals surface area contributed by atoms with Crippen LogP contribution >= 0.6 is 0 Å². The second-order valence-corrected chi connectivity index (χ2v) is 6.29. The highest BCUT2D eigenvalue weighted by atomic mass is 16.3. The summed E-state index contributed by atoms with van der Waals surface area (Å²) in [4.78, 5) is 20.3. The van der Waals surface area contributed by atoms with Gasteiger partial charge in [0.25, 0.3) is 5.56 Å². The molecule has 3 heterocycles. The zero-order valence-corrected chi connectivity index (χ0v) is 14.4. The molecule has 1 N–H and O–H groups in total. The molecule has 5 nitrogen and oxygen atoms in total. The predicted molar refractivity (Wildman–Crippen MR) is 97.8 cm³/mol. The lowest BCUT2D eigenvalue weighted by atomic mass is 10.1. The minimum absolute atomic E-state index is 0.0731. The minimum Gasteiger partial charge on any atom is -0.472 e. The molecule has 5 heteroatoms. The van der Waals surface area contributed by atoms with Crippen LogP contribution in [0, 0.1) is 13.8 Å². The summed E-state index contributed by atoms with van der Waals surface area (Å²) in [7, 11) is 0. The molecule has 0 saturated carbocycles. The Balaban J connectivity index is 2.01. The predicted octanol–water partition coefficient (Wildman–Crippen LogP) is 4.21. The van der Waals surface area contributed by atoms with E-state index in [1.54, 1.807) is 18.6 Å². The molecule has 4 rings (SSSR count). The van der Waals surface area contributed by atoms with Crippen LogP contribution in [0.2, 0.25) is 0 Å². The van der Waals surface area contributed by atoms with Crippen LogP contribution in [0.4, 0.5) is 0 Å². The molecule has 1 unspecified atom stereocenters. The van der Waals surface area contributed by atoms with Crippen molar-refractivity contribution in [2.45, 2.75) is 26.8 Å². The number of fused-ring (bicyclic) bond motifs is 1. The van der Waals surface area contributed by atoms with Crippen molar-refractivity contribution in [3.05, 3.63) is 76.1 Å². The molecule has 25 heavy (non-hydrogen) atoms. The summed E-state index contributed by atoms with van der Waals surface area (Å²) in [5, 5.41) is 0.646. The third kappa shape index (κ3) is 2.39. The van der Waals surface area contributed by atoms with Crippen LogP contribution in [0.25, 0.3) is 22.4 Å². The lowest BCUT2D eigenvalue weighted by Crippen LogP contribution is -2.13. The molecule has 0 radical (unpaired) electrons. The van der Waals surface area contributed by atoms with Gasteiger partial charge in [0.15, 0.2) is 0 Å². The fourth-order valence-corrected chi connectivity index (χ4v) is 3.38. The molecule has 0 fully saturated rings. The zero-order valence-electron chi connectivity index (χ0n) is 14.4. The summed E-state index contributed by atoms with van der Waals surface area (Å²) in [6, 6.07) is 12.1. The normalized spacial score (nSPS) is 12.6. The van der Waals surface area contributed by atoms with E-state index in [-0.39, 0.29) is 11.6 Å². The number of rotatable bonds is 3. The number of nitrogens with one attached hydrogen (secondary N) is 1. The van der Waals surface area contributed by atoms with Gasteiger partial charge in [0, 0.05) is 5.69 Å². The second kappa shape index (κ2) is 5.77. The van der Waals surface area contributed by atoms with Crippen LogP contribution in [0.15, 0.2) is 58.1 Å². The van der Waals surface area contributed by atoms with Crippen molar-refractivity contribution in [3.63, 3.8) is 0 Å². The Kier molecular flexibility index (Phi) is 3.57. The molecular formula is C20H19N3O2. The Hall–Kier alpha value is -3.08. The molecular weight excluding hydrogens is 314 g/mol. The van der Waals surface area contributed by atoms with E-state index in [4.69, 9.17) is 9.40 Å². The van der Waals surface area contributed by atoms with Crippen molar-refractivity contribution in [3.8, 4) is 11.4 Å². The van der Waals surface area contributed by atoms with Crippen molar-refractivity contribution in [2.24, 2.45) is 0 Å². The summed E-state index contributed by atoms with van der Waals surface area (Å²) < 4.78 is 7.27. The van der Waals surface area contributed by atoms with Crippen molar-refractivity contribution < 1.29 is 4.42 Å². The number of H-pyrrole nitrogens is 1. The Morgan fingerprint density at radius 2 is 1.92 bits per heavy atom. The van der Waals surface area contributed by atoms with Gasteiger partial charge in [-0.2, -0.15) is 0 Å². The smallest absolute Gasteiger partial charge is 0.260 e. The van der Waals surface area contributed by atoms with E-state index in [1.165, 1.54) is 5.56 Å². The molecule has 0 aliphatic heterocycles. The van der Waals surface area contributed by atoms with E-state index >= 15 is 0 Å². The zero-order chi connectivity index (χ0) is 17.6. The van der Waals surface area contributed by atoms with Gasteiger partial charge < -0.3 is 14.0 Å². The quantitative estimate of drug-likeness (QED) is 0.611. The maximum atomic E-state index is 12.7. The van der Waals surface area contributed by atoms with E-state index in [9.17, 15) is 4.79 Å². The number of aromatic amines is 1. The van der Waals surface area contributed by atoms with Gasteiger partial charge in [0.2, 0.25) is 0 Å². The summed E-state index contributed by atoms with van der Waals surface area (Å²) in [5.41, 5.74) is 4.52. The average molecular weight is 333 g/mol. The molecule has 4 aromatic rings. The summed E-state index contributed by atoms with van der Waals surface area (Å²) >= 11 is 0. The Bertz CT molecular complexity index is 1090. The number of hydrogen-bond acceptors (Lipinski definition) is 3. The van der Waals surface area contributed by atoms with Crippen LogP contribution in [0.5, 0.6) is 0 Å². The van der Waals surface area contributed by atoms with Crippen molar-refractivity contribution in [2.75, 3.05) is 0 Å². The maximum absolute atomic E-state index is 12.7. The van der Waals surface area contributed by atoms with Gasteiger partial charge >= 0.3 is 0 Å². The molecule has 0 saturated heterocycles. The largest absolute Gasteiger partial charge is 0.472 e. The van der Waals surface area contributed by atoms with Gasteiger partial charge in [-0.25, -0.2) is 4.98 Å². The van der Waals surface area contributed by atoms with E-state index in [0.717, 1.165) is 16.8 Å². The van der Waals surface area contributed by atoms with Gasteiger partial charge in [-0.15, -0.1) is 0 Å². The highest BCUT2D eigenvalue weighted by Gasteiger charge is 2.21. The molecule has 0 spiro atoms. The first-order valence-electron chi connectivity index (χ1n) is 8.27. The molecule has 0 aliphatic rings. The fraction of sp³-hybridized carbons (Fsp3) is 0.200. The fourth-order valence-electron chi connectivity index (χ4n) is 3.38. The molecule has 1 atom stereocenters. The number of aromatic nitrogens is 3. The van der Waals surface area contributed by atoms with Crippen LogP contribution < -0.4 is 5.56 Å². The van der Waals surface area contributed by atoms with Crippen LogP contribution in [0.3, 0.4) is 0 Å². The van der Waals surface area contributed by atoms with E-state index < -0.39 is 0 Å². The van der Waals surface area contributed by atoms with Crippen molar-refractivity contribution in [1.29, 1.82) is 0 Å². The number of hydrogen-bond donors (Lipinski definition) is 1. The second-order valence-electron chi connectivity index (χ2n) is 6.29. The van der Waals surface area contributed by atoms with Crippen LogP contribution in [0.1, 0.15) is 29.8 Å². The van der Waals surface area contributed by atoms with Crippen LogP contribution in [-0.2, 0) is 0 Å². The topological polar surface area (TPSA) is 63.8 Å².